The normalized spacial score (nSPS) is 10.6. The molecule has 1 amide bonds. The smallest absolute Gasteiger partial charge is 0.273 e. The quantitative estimate of drug-likeness (QED) is 0.285. The van der Waals surface area contributed by atoms with E-state index in [1.807, 2.05) is 0 Å². The van der Waals surface area contributed by atoms with E-state index in [1.165, 1.54) is 29.2 Å². The minimum absolute atomic E-state index is 0.0567. The summed E-state index contributed by atoms with van der Waals surface area (Å²) < 4.78 is 0. The van der Waals surface area contributed by atoms with Crippen molar-refractivity contribution in [3.8, 4) is 0 Å². The first kappa shape index (κ1) is 24.2. The van der Waals surface area contributed by atoms with Gasteiger partial charge in [0.1, 0.15) is 0 Å². The maximum Gasteiger partial charge on any atom is 0.273 e. The summed E-state index contributed by atoms with van der Waals surface area (Å²) in [6.45, 7) is 2.02. The van der Waals surface area contributed by atoms with Gasteiger partial charge in [0, 0.05) is 52.5 Å². The Kier molecular flexibility index (Phi) is 7.63. The summed E-state index contributed by atoms with van der Waals surface area (Å²) in [7, 11) is 0. The van der Waals surface area contributed by atoms with Gasteiger partial charge in [0.05, 0.1) is 9.85 Å². The van der Waals surface area contributed by atoms with Crippen LogP contribution in [0.3, 0.4) is 0 Å². The van der Waals surface area contributed by atoms with Crippen LogP contribution < -0.4 is 0 Å². The van der Waals surface area contributed by atoms with Gasteiger partial charge in [-0.3, -0.25) is 25.0 Å². The van der Waals surface area contributed by atoms with Gasteiger partial charge >= 0.3 is 0 Å². The molecule has 0 fully saturated rings. The molecule has 0 radical (unpaired) electrons. The molecule has 0 unspecified atom stereocenters. The fourth-order valence-electron chi connectivity index (χ4n) is 3.30. The number of hydrogen-bond acceptors (Lipinski definition) is 5. The van der Waals surface area contributed by atoms with Crippen LogP contribution in [0.5, 0.6) is 0 Å². The predicted octanol–water partition coefficient (Wildman–Crippen LogP) is 6.00. The highest BCUT2D eigenvalue weighted by Crippen LogP contribution is 2.24. The molecule has 0 N–H and O–H groups in total. The van der Waals surface area contributed by atoms with E-state index < -0.39 is 15.8 Å². The Labute approximate surface area is 199 Å². The van der Waals surface area contributed by atoms with E-state index in [4.69, 9.17) is 23.2 Å². The molecule has 0 saturated heterocycles. The summed E-state index contributed by atoms with van der Waals surface area (Å²) >= 11 is 12.2. The molecule has 0 aliphatic rings. The number of carbonyl (C=O) groups is 1. The van der Waals surface area contributed by atoms with Crippen LogP contribution in [0.15, 0.2) is 60.7 Å². The molecule has 170 valence electrons. The van der Waals surface area contributed by atoms with E-state index in [9.17, 15) is 25.0 Å². The number of nitro benzene ring substituents is 2. The van der Waals surface area contributed by atoms with Gasteiger partial charge in [-0.1, -0.05) is 47.5 Å². The lowest BCUT2D eigenvalue weighted by Gasteiger charge is -2.23. The molecule has 3 aromatic rings. The fraction of sp³-hybridized carbons (Fsp3) is 0.174. The van der Waals surface area contributed by atoms with Gasteiger partial charge in [-0.2, -0.15) is 0 Å². The van der Waals surface area contributed by atoms with Crippen molar-refractivity contribution in [3.63, 3.8) is 0 Å². The number of carbonyl (C=O) groups excluding carboxylic acids is 1. The molecule has 0 heterocycles. The van der Waals surface area contributed by atoms with Crippen molar-refractivity contribution >= 4 is 40.5 Å². The maximum absolute atomic E-state index is 13.3. The minimum Gasteiger partial charge on any atom is -0.334 e. The van der Waals surface area contributed by atoms with Gasteiger partial charge in [0.2, 0.25) is 0 Å². The van der Waals surface area contributed by atoms with Crippen molar-refractivity contribution in [2.75, 3.05) is 6.54 Å². The molecular formula is C23H19Cl2N3O5. The van der Waals surface area contributed by atoms with Crippen molar-refractivity contribution in [3.05, 3.63) is 113 Å². The lowest BCUT2D eigenvalue weighted by atomic mass is 10.1. The van der Waals surface area contributed by atoms with E-state index in [2.05, 4.69) is 0 Å². The van der Waals surface area contributed by atoms with Crippen molar-refractivity contribution in [1.82, 2.24) is 4.90 Å². The van der Waals surface area contributed by atoms with Crippen LogP contribution in [-0.2, 0) is 13.0 Å². The summed E-state index contributed by atoms with van der Waals surface area (Å²) in [5.74, 6) is -0.401. The summed E-state index contributed by atoms with van der Waals surface area (Å²) in [6, 6.07) is 15.3. The zero-order valence-corrected chi connectivity index (χ0v) is 19.0. The van der Waals surface area contributed by atoms with Gasteiger partial charge in [0.15, 0.2) is 0 Å². The van der Waals surface area contributed by atoms with Crippen molar-refractivity contribution in [1.29, 1.82) is 0 Å². The number of aryl methyl sites for hydroxylation is 1. The van der Waals surface area contributed by atoms with Crippen molar-refractivity contribution < 1.29 is 14.6 Å². The average molecular weight is 488 g/mol. The third-order valence-corrected chi connectivity index (χ3v) is 5.71. The average Bonchev–Trinajstić information content (AvgIpc) is 2.77. The van der Waals surface area contributed by atoms with Gasteiger partial charge in [-0.15, -0.1) is 0 Å². The molecule has 0 bridgehead atoms. The van der Waals surface area contributed by atoms with Crippen LogP contribution in [0.2, 0.25) is 10.0 Å². The molecule has 3 rings (SSSR count). The summed E-state index contributed by atoms with van der Waals surface area (Å²) in [4.78, 5) is 36.1. The maximum atomic E-state index is 13.3. The standard InChI is InChI=1S/C23H19Cl2N3O5/c1-15-2-5-18(12-22(15)28(32)33)23(29)26(11-10-17-6-7-19(24)13-21(17)25)14-16-3-8-20(9-4-16)27(30)31/h2-9,12-13H,10-11,14H2,1H3. The van der Waals surface area contributed by atoms with Crippen molar-refractivity contribution in [2.45, 2.75) is 19.9 Å². The molecule has 0 aliphatic carbocycles. The first-order valence-electron chi connectivity index (χ1n) is 9.87. The fourth-order valence-corrected chi connectivity index (χ4v) is 3.80. The van der Waals surface area contributed by atoms with Crippen LogP contribution in [0.1, 0.15) is 27.0 Å². The Morgan fingerprint density at radius 1 is 0.939 bits per heavy atom. The van der Waals surface area contributed by atoms with Crippen LogP contribution in [-0.4, -0.2) is 27.2 Å². The van der Waals surface area contributed by atoms with Gasteiger partial charge in [-0.25, -0.2) is 0 Å². The lowest BCUT2D eigenvalue weighted by molar-refractivity contribution is -0.385. The summed E-state index contributed by atoms with van der Waals surface area (Å²) in [5.41, 5.74) is 1.90. The van der Waals surface area contributed by atoms with E-state index in [-0.39, 0.29) is 30.0 Å². The number of amides is 1. The van der Waals surface area contributed by atoms with Crippen LogP contribution in [0.25, 0.3) is 0 Å². The second-order valence-corrected chi connectivity index (χ2v) is 8.24. The predicted molar refractivity (Wildman–Crippen MR) is 126 cm³/mol. The first-order chi connectivity index (χ1) is 15.7. The Morgan fingerprint density at radius 3 is 2.24 bits per heavy atom. The molecule has 0 aliphatic heterocycles. The Bertz CT molecular complexity index is 1220. The number of rotatable bonds is 8. The lowest BCUT2D eigenvalue weighted by Crippen LogP contribution is -2.32. The number of nitrogens with zero attached hydrogens (tertiary/aromatic N) is 3. The van der Waals surface area contributed by atoms with Gasteiger partial charge in [-0.05, 0) is 42.7 Å². The number of hydrogen-bond donors (Lipinski definition) is 0. The number of nitro groups is 2. The molecule has 33 heavy (non-hydrogen) atoms. The zero-order valence-electron chi connectivity index (χ0n) is 17.5. The molecule has 0 spiro atoms. The summed E-state index contributed by atoms with van der Waals surface area (Å²) in [5, 5.41) is 23.2. The zero-order chi connectivity index (χ0) is 24.1. The Morgan fingerprint density at radius 2 is 1.64 bits per heavy atom. The van der Waals surface area contributed by atoms with Crippen LogP contribution in [0, 0.1) is 27.2 Å². The Hall–Kier alpha value is -3.49. The highest BCUT2D eigenvalue weighted by Gasteiger charge is 2.21. The highest BCUT2D eigenvalue weighted by molar-refractivity contribution is 6.35. The molecule has 0 aromatic heterocycles. The SMILES string of the molecule is Cc1ccc(C(=O)N(CCc2ccc(Cl)cc2Cl)Cc2ccc([N+](=O)[O-])cc2)cc1[N+](=O)[O-]. The second kappa shape index (κ2) is 10.4. The Balaban J connectivity index is 1.89. The highest BCUT2D eigenvalue weighted by atomic mass is 35.5. The molecule has 8 nitrogen and oxygen atoms in total. The topological polar surface area (TPSA) is 107 Å². The molecule has 0 saturated carbocycles. The largest absolute Gasteiger partial charge is 0.334 e. The van der Waals surface area contributed by atoms with Crippen LogP contribution >= 0.6 is 23.2 Å². The van der Waals surface area contributed by atoms with E-state index in [0.29, 0.717) is 27.6 Å². The van der Waals surface area contributed by atoms with E-state index in [1.54, 1.807) is 43.3 Å². The minimum atomic E-state index is -0.528. The third kappa shape index (κ3) is 6.06. The third-order valence-electron chi connectivity index (χ3n) is 5.13. The summed E-state index contributed by atoms with van der Waals surface area (Å²) in [6.07, 6.45) is 0.419. The van der Waals surface area contributed by atoms with Crippen LogP contribution in [0.4, 0.5) is 11.4 Å². The van der Waals surface area contributed by atoms with Crippen molar-refractivity contribution in [2.24, 2.45) is 0 Å². The second-order valence-electron chi connectivity index (χ2n) is 7.39. The monoisotopic (exact) mass is 487 g/mol. The first-order valence-corrected chi connectivity index (χ1v) is 10.6. The number of non-ortho nitro benzene ring substituents is 1. The van der Waals surface area contributed by atoms with Gasteiger partial charge < -0.3 is 4.90 Å². The molecule has 3 aromatic carbocycles. The molecular weight excluding hydrogens is 469 g/mol. The number of benzene rings is 3. The van der Waals surface area contributed by atoms with E-state index in [0.717, 1.165) is 5.56 Å². The van der Waals surface area contributed by atoms with E-state index >= 15 is 0 Å². The molecule has 0 atom stereocenters. The van der Waals surface area contributed by atoms with Gasteiger partial charge in [0.25, 0.3) is 17.3 Å². The molecule has 10 heteroatoms. The number of halogens is 2.